The normalized spacial score (nSPS) is 11.0. The Kier molecular flexibility index (Phi) is 3.26. The zero-order chi connectivity index (χ0) is 15.0. The highest BCUT2D eigenvalue weighted by Crippen LogP contribution is 2.21. The van der Waals surface area contributed by atoms with E-state index < -0.39 is 5.97 Å². The molecule has 0 atom stereocenters. The number of aromatic nitrogens is 6. The molecule has 3 aromatic heterocycles. The van der Waals surface area contributed by atoms with Gasteiger partial charge in [0.2, 0.25) is 5.69 Å². The third-order valence-electron chi connectivity index (χ3n) is 2.95. The van der Waals surface area contributed by atoms with Crippen LogP contribution in [-0.4, -0.2) is 40.6 Å². The molecular formula is C12H12N6O2S. The second-order valence-electron chi connectivity index (χ2n) is 4.47. The van der Waals surface area contributed by atoms with E-state index in [0.717, 1.165) is 10.7 Å². The first-order valence-electron chi connectivity index (χ1n) is 6.11. The van der Waals surface area contributed by atoms with Gasteiger partial charge in [-0.15, -0.1) is 16.4 Å². The van der Waals surface area contributed by atoms with E-state index in [9.17, 15) is 9.90 Å². The van der Waals surface area contributed by atoms with Crippen LogP contribution in [0.3, 0.4) is 0 Å². The fourth-order valence-electron chi connectivity index (χ4n) is 2.02. The van der Waals surface area contributed by atoms with Crippen LogP contribution in [0.4, 0.5) is 0 Å². The summed E-state index contributed by atoms with van der Waals surface area (Å²) < 4.78 is 3.24. The number of aromatic carboxylic acids is 1. The van der Waals surface area contributed by atoms with Crippen molar-refractivity contribution in [3.05, 3.63) is 34.2 Å². The van der Waals surface area contributed by atoms with Crippen LogP contribution in [0.15, 0.2) is 17.8 Å². The molecule has 108 valence electrons. The first-order valence-corrected chi connectivity index (χ1v) is 6.99. The van der Waals surface area contributed by atoms with Gasteiger partial charge in [0.05, 0.1) is 17.2 Å². The molecule has 0 saturated heterocycles. The summed E-state index contributed by atoms with van der Waals surface area (Å²) in [5.41, 5.74) is 1.08. The summed E-state index contributed by atoms with van der Waals surface area (Å²) >= 11 is 1.53. The maximum atomic E-state index is 11.3. The van der Waals surface area contributed by atoms with Gasteiger partial charge in [-0.2, -0.15) is 0 Å². The van der Waals surface area contributed by atoms with E-state index in [1.807, 2.05) is 12.3 Å². The third kappa shape index (κ3) is 2.42. The molecule has 9 heteroatoms. The summed E-state index contributed by atoms with van der Waals surface area (Å²) in [6.07, 6.45) is 3.34. The number of carboxylic acids is 1. The minimum absolute atomic E-state index is 0.115. The fourth-order valence-corrected chi connectivity index (χ4v) is 2.62. The average Bonchev–Trinajstić information content (AvgIpc) is 3.11. The molecule has 0 aliphatic rings. The summed E-state index contributed by atoms with van der Waals surface area (Å²) in [5, 5.41) is 19.8. The lowest BCUT2D eigenvalue weighted by molar-refractivity contribution is 0.0691. The van der Waals surface area contributed by atoms with E-state index in [4.69, 9.17) is 0 Å². The van der Waals surface area contributed by atoms with Crippen LogP contribution >= 0.6 is 11.3 Å². The lowest BCUT2D eigenvalue weighted by Gasteiger charge is -2.05. The summed E-state index contributed by atoms with van der Waals surface area (Å²) in [6, 6.07) is 0. The molecule has 3 rings (SSSR count). The van der Waals surface area contributed by atoms with Crippen molar-refractivity contribution in [2.45, 2.75) is 13.5 Å². The highest BCUT2D eigenvalue weighted by molar-refractivity contribution is 7.09. The number of hydrogen-bond acceptors (Lipinski definition) is 6. The zero-order valence-electron chi connectivity index (χ0n) is 11.4. The van der Waals surface area contributed by atoms with Crippen molar-refractivity contribution in [3.8, 4) is 11.5 Å². The van der Waals surface area contributed by atoms with Gasteiger partial charge in [-0.3, -0.25) is 0 Å². The Morgan fingerprint density at radius 2 is 2.29 bits per heavy atom. The Morgan fingerprint density at radius 3 is 2.86 bits per heavy atom. The Bertz CT molecular complexity index is 802. The molecule has 1 N–H and O–H groups in total. The molecule has 0 spiro atoms. The first-order chi connectivity index (χ1) is 10.1. The highest BCUT2D eigenvalue weighted by Gasteiger charge is 2.23. The van der Waals surface area contributed by atoms with Crippen LogP contribution < -0.4 is 0 Å². The Labute approximate surface area is 123 Å². The second-order valence-corrected chi connectivity index (χ2v) is 5.53. The highest BCUT2D eigenvalue weighted by atomic mass is 32.1. The number of aryl methyl sites for hydroxylation is 2. The van der Waals surface area contributed by atoms with Gasteiger partial charge in [-0.05, 0) is 6.92 Å². The van der Waals surface area contributed by atoms with E-state index in [2.05, 4.69) is 20.3 Å². The molecule has 0 unspecified atom stereocenters. The van der Waals surface area contributed by atoms with E-state index in [1.165, 1.54) is 16.0 Å². The van der Waals surface area contributed by atoms with Crippen molar-refractivity contribution in [3.63, 3.8) is 0 Å². The molecule has 0 saturated carbocycles. The molecule has 3 aromatic rings. The average molecular weight is 304 g/mol. The molecular weight excluding hydrogens is 292 g/mol. The molecule has 0 radical (unpaired) electrons. The monoisotopic (exact) mass is 304 g/mol. The maximum Gasteiger partial charge on any atom is 0.358 e. The maximum absolute atomic E-state index is 11.3. The Hall–Kier alpha value is -2.55. The smallest absolute Gasteiger partial charge is 0.358 e. The van der Waals surface area contributed by atoms with Gasteiger partial charge in [0.25, 0.3) is 0 Å². The van der Waals surface area contributed by atoms with E-state index in [0.29, 0.717) is 18.1 Å². The number of thiazole rings is 1. The van der Waals surface area contributed by atoms with Gasteiger partial charge in [0.15, 0.2) is 5.82 Å². The molecule has 21 heavy (non-hydrogen) atoms. The summed E-state index contributed by atoms with van der Waals surface area (Å²) in [6.45, 7) is 2.27. The Morgan fingerprint density at radius 1 is 1.48 bits per heavy atom. The van der Waals surface area contributed by atoms with Crippen LogP contribution in [-0.2, 0) is 13.6 Å². The number of rotatable bonds is 4. The molecule has 0 fully saturated rings. The number of carbonyl (C=O) groups is 1. The van der Waals surface area contributed by atoms with Crippen LogP contribution in [0.5, 0.6) is 0 Å². The predicted molar refractivity (Wildman–Crippen MR) is 75.1 cm³/mol. The lowest BCUT2D eigenvalue weighted by atomic mass is 10.3. The minimum Gasteiger partial charge on any atom is -0.476 e. The molecule has 0 amide bonds. The van der Waals surface area contributed by atoms with Gasteiger partial charge in [-0.25, -0.2) is 19.4 Å². The van der Waals surface area contributed by atoms with Crippen LogP contribution in [0, 0.1) is 6.92 Å². The first kappa shape index (κ1) is 13.4. The van der Waals surface area contributed by atoms with Crippen molar-refractivity contribution >= 4 is 17.3 Å². The van der Waals surface area contributed by atoms with Gasteiger partial charge < -0.3 is 9.67 Å². The molecule has 8 nitrogen and oxygen atoms in total. The van der Waals surface area contributed by atoms with Crippen LogP contribution in [0.2, 0.25) is 0 Å². The van der Waals surface area contributed by atoms with E-state index >= 15 is 0 Å². The van der Waals surface area contributed by atoms with Crippen molar-refractivity contribution in [2.24, 2.45) is 7.05 Å². The van der Waals surface area contributed by atoms with Crippen LogP contribution in [0.25, 0.3) is 11.5 Å². The topological polar surface area (TPSA) is 98.7 Å². The number of hydrogen-bond donors (Lipinski definition) is 1. The fraction of sp³-hybridized carbons (Fsp3) is 0.250. The van der Waals surface area contributed by atoms with Crippen molar-refractivity contribution < 1.29 is 9.90 Å². The van der Waals surface area contributed by atoms with Gasteiger partial charge >= 0.3 is 5.97 Å². The minimum atomic E-state index is -1.13. The number of nitrogens with zero attached hydrogens (tertiary/aromatic N) is 6. The summed E-state index contributed by atoms with van der Waals surface area (Å²) in [4.78, 5) is 19.9. The molecule has 0 aliphatic heterocycles. The van der Waals surface area contributed by atoms with Gasteiger partial charge in [-0.1, -0.05) is 5.21 Å². The van der Waals surface area contributed by atoms with Gasteiger partial charge in [0, 0.05) is 24.8 Å². The Balaban J connectivity index is 2.09. The summed E-state index contributed by atoms with van der Waals surface area (Å²) in [7, 11) is 1.79. The summed E-state index contributed by atoms with van der Waals surface area (Å²) in [5.74, 6) is -0.627. The van der Waals surface area contributed by atoms with E-state index in [-0.39, 0.29) is 5.69 Å². The molecule has 0 aromatic carbocycles. The largest absolute Gasteiger partial charge is 0.476 e. The van der Waals surface area contributed by atoms with Crippen LogP contribution in [0.1, 0.15) is 21.2 Å². The predicted octanol–water partition coefficient (Wildman–Crippen LogP) is 1.19. The van der Waals surface area contributed by atoms with Crippen molar-refractivity contribution in [1.29, 1.82) is 0 Å². The van der Waals surface area contributed by atoms with E-state index in [1.54, 1.807) is 24.0 Å². The third-order valence-corrected chi connectivity index (χ3v) is 3.77. The lowest BCUT2D eigenvalue weighted by Crippen LogP contribution is -2.09. The van der Waals surface area contributed by atoms with Crippen molar-refractivity contribution in [1.82, 2.24) is 29.5 Å². The molecule has 3 heterocycles. The van der Waals surface area contributed by atoms with Crippen molar-refractivity contribution in [2.75, 3.05) is 0 Å². The quantitative estimate of drug-likeness (QED) is 0.777. The number of carboxylic acid groups (broad SMARTS) is 1. The standard InChI is InChI=1S/C12H12N6O2S/c1-7-14-8(6-21-7)5-18-10(9(12(19)20)15-16-18)11-13-3-4-17(11)2/h3-4,6H,5H2,1-2H3,(H,19,20). The SMILES string of the molecule is Cc1nc(Cn2nnc(C(=O)O)c2-c2nccn2C)cs1. The zero-order valence-corrected chi connectivity index (χ0v) is 12.2. The number of imidazole rings is 1. The second kappa shape index (κ2) is 5.09. The molecule has 0 bridgehead atoms. The molecule has 0 aliphatic carbocycles. The van der Waals surface area contributed by atoms with Gasteiger partial charge in [0.1, 0.15) is 5.69 Å².